The number of allylic oxidation sites excluding steroid dienone is 16. The van der Waals surface area contributed by atoms with E-state index in [0.717, 1.165) is 109 Å². The van der Waals surface area contributed by atoms with Crippen molar-refractivity contribution in [3.63, 3.8) is 0 Å². The molecule has 450 valence electrons. The third-order valence-corrected chi connectivity index (χ3v) is 13.6. The molecule has 0 aromatic carbocycles. The van der Waals surface area contributed by atoms with Crippen LogP contribution in [0.15, 0.2) is 97.2 Å². The predicted octanol–water partition coefficient (Wildman–Crippen LogP) is 16.5. The van der Waals surface area contributed by atoms with Gasteiger partial charge in [-0.15, -0.1) is 0 Å². The Bertz CT molecular complexity index is 1740. The summed E-state index contributed by atoms with van der Waals surface area (Å²) in [5.74, 6) is -3.20. The Balaban J connectivity index is 2.70. The Morgan fingerprint density at radius 1 is 0.430 bits per heavy atom. The number of esters is 3. The summed E-state index contributed by atoms with van der Waals surface area (Å²) in [6, 6.07) is 0. The highest BCUT2D eigenvalue weighted by Gasteiger charge is 2.50. The Morgan fingerprint density at radius 2 is 0.797 bits per heavy atom. The van der Waals surface area contributed by atoms with E-state index in [2.05, 4.69) is 118 Å². The summed E-state index contributed by atoms with van der Waals surface area (Å²) in [5.41, 5.74) is 0. The van der Waals surface area contributed by atoms with Gasteiger partial charge in [-0.05, 0) is 116 Å². The highest BCUT2D eigenvalue weighted by Crippen LogP contribution is 2.26. The number of carboxylic acids is 1. The largest absolute Gasteiger partial charge is 0.479 e. The van der Waals surface area contributed by atoms with Gasteiger partial charge in [0.2, 0.25) is 0 Å². The molecule has 0 aromatic heterocycles. The summed E-state index contributed by atoms with van der Waals surface area (Å²) < 4.78 is 28.4. The second-order valence-corrected chi connectivity index (χ2v) is 20.9. The highest BCUT2D eigenvalue weighted by molar-refractivity contribution is 5.74. The SMILES string of the molecule is CC/C=C\C/C=C\C/C=C\C/C=C\CCCCCCC(=O)OC(COC(=O)CCCCCCCCCCC/C=C\CCCCCCCC)COC1OC(C(=O)O)C(O)C(O)C1OC(=O)CCCCC/C=C\C/C=C\C/C=C\CC. The lowest BCUT2D eigenvalue weighted by Crippen LogP contribution is -2.61. The molecule has 0 amide bonds. The van der Waals surface area contributed by atoms with Gasteiger partial charge in [-0.25, -0.2) is 4.79 Å². The Hall–Kier alpha value is -4.36. The van der Waals surface area contributed by atoms with Crippen LogP contribution in [0.5, 0.6) is 0 Å². The van der Waals surface area contributed by atoms with Crippen molar-refractivity contribution < 1.29 is 58.2 Å². The summed E-state index contributed by atoms with van der Waals surface area (Å²) in [5, 5.41) is 31.5. The third kappa shape index (κ3) is 44.0. The monoisotopic (exact) mass is 1110 g/mol. The molecule has 79 heavy (non-hydrogen) atoms. The van der Waals surface area contributed by atoms with Gasteiger partial charge >= 0.3 is 23.9 Å². The van der Waals surface area contributed by atoms with Crippen LogP contribution in [0.25, 0.3) is 0 Å². The first-order valence-electron chi connectivity index (χ1n) is 31.2. The van der Waals surface area contributed by atoms with E-state index < -0.39 is 67.3 Å². The molecule has 0 bridgehead atoms. The zero-order valence-electron chi connectivity index (χ0n) is 49.6. The van der Waals surface area contributed by atoms with Gasteiger partial charge in [-0.3, -0.25) is 14.4 Å². The molecular weight excluding hydrogens is 997 g/mol. The molecule has 1 rings (SSSR count). The van der Waals surface area contributed by atoms with Gasteiger partial charge in [0, 0.05) is 19.3 Å². The van der Waals surface area contributed by atoms with Crippen molar-refractivity contribution in [3.8, 4) is 0 Å². The number of aliphatic carboxylic acids is 1. The second kappa shape index (κ2) is 54.2. The van der Waals surface area contributed by atoms with Crippen LogP contribution >= 0.6 is 0 Å². The van der Waals surface area contributed by atoms with E-state index in [0.29, 0.717) is 19.3 Å². The first-order valence-corrected chi connectivity index (χ1v) is 31.2. The van der Waals surface area contributed by atoms with Crippen molar-refractivity contribution in [2.24, 2.45) is 0 Å². The maximum atomic E-state index is 13.2. The van der Waals surface area contributed by atoms with E-state index in [-0.39, 0.29) is 25.9 Å². The number of aliphatic hydroxyl groups is 2. The lowest BCUT2D eigenvalue weighted by atomic mass is 9.98. The molecule has 6 atom stereocenters. The zero-order valence-corrected chi connectivity index (χ0v) is 49.6. The summed E-state index contributed by atoms with van der Waals surface area (Å²) in [6.07, 6.45) is 59.5. The fourth-order valence-electron chi connectivity index (χ4n) is 8.90. The first kappa shape index (κ1) is 72.7. The fourth-order valence-corrected chi connectivity index (χ4v) is 8.90. The van der Waals surface area contributed by atoms with Crippen LogP contribution < -0.4 is 0 Å². The summed E-state index contributed by atoms with van der Waals surface area (Å²) in [6.45, 7) is 5.73. The van der Waals surface area contributed by atoms with Gasteiger partial charge in [0.05, 0.1) is 6.61 Å². The molecular formula is C67H110O12. The van der Waals surface area contributed by atoms with Crippen molar-refractivity contribution >= 4 is 23.9 Å². The average Bonchev–Trinajstić information content (AvgIpc) is 3.46. The second-order valence-electron chi connectivity index (χ2n) is 20.9. The normalized spacial score (nSPS) is 18.5. The van der Waals surface area contributed by atoms with Crippen LogP contribution in [0.4, 0.5) is 0 Å². The molecule has 1 saturated heterocycles. The van der Waals surface area contributed by atoms with Gasteiger partial charge < -0.3 is 39.0 Å². The predicted molar refractivity (Wildman–Crippen MR) is 321 cm³/mol. The van der Waals surface area contributed by atoms with Crippen LogP contribution in [0.2, 0.25) is 0 Å². The molecule has 12 nitrogen and oxygen atoms in total. The van der Waals surface area contributed by atoms with Crippen molar-refractivity contribution in [2.75, 3.05) is 13.2 Å². The number of hydrogen-bond acceptors (Lipinski definition) is 11. The Labute approximate surface area is 479 Å². The van der Waals surface area contributed by atoms with E-state index in [1.165, 1.54) is 83.5 Å². The van der Waals surface area contributed by atoms with Gasteiger partial charge in [-0.2, -0.15) is 0 Å². The number of rotatable bonds is 52. The lowest BCUT2D eigenvalue weighted by Gasteiger charge is -2.40. The van der Waals surface area contributed by atoms with Gasteiger partial charge in [-0.1, -0.05) is 214 Å². The van der Waals surface area contributed by atoms with Crippen molar-refractivity contribution in [1.29, 1.82) is 0 Å². The van der Waals surface area contributed by atoms with Gasteiger partial charge in [0.25, 0.3) is 0 Å². The molecule has 1 heterocycles. The first-order chi connectivity index (χ1) is 38.6. The van der Waals surface area contributed by atoms with Crippen molar-refractivity contribution in [2.45, 2.75) is 289 Å². The Kier molecular flexibility index (Phi) is 49.9. The highest BCUT2D eigenvalue weighted by atomic mass is 16.7. The van der Waals surface area contributed by atoms with Crippen molar-refractivity contribution in [3.05, 3.63) is 97.2 Å². The fraction of sp³-hybridized carbons (Fsp3) is 0.701. The molecule has 1 aliphatic rings. The topological polar surface area (TPSA) is 175 Å². The summed E-state index contributed by atoms with van der Waals surface area (Å²) in [7, 11) is 0. The number of hydrogen-bond donors (Lipinski definition) is 3. The van der Waals surface area contributed by atoms with E-state index in [4.69, 9.17) is 23.7 Å². The van der Waals surface area contributed by atoms with Gasteiger partial charge in [0.1, 0.15) is 18.8 Å². The van der Waals surface area contributed by atoms with Crippen LogP contribution in [0.1, 0.15) is 252 Å². The smallest absolute Gasteiger partial charge is 0.335 e. The summed E-state index contributed by atoms with van der Waals surface area (Å²) in [4.78, 5) is 51.2. The molecule has 12 heteroatoms. The van der Waals surface area contributed by atoms with Gasteiger partial charge in [0.15, 0.2) is 24.6 Å². The third-order valence-electron chi connectivity index (χ3n) is 13.6. The lowest BCUT2D eigenvalue weighted by molar-refractivity contribution is -0.301. The summed E-state index contributed by atoms with van der Waals surface area (Å²) >= 11 is 0. The van der Waals surface area contributed by atoms with Crippen LogP contribution in [0, 0.1) is 0 Å². The number of carbonyl (C=O) groups is 4. The molecule has 6 unspecified atom stereocenters. The van der Waals surface area contributed by atoms with E-state index in [9.17, 15) is 34.5 Å². The minimum absolute atomic E-state index is 0.0183. The van der Waals surface area contributed by atoms with E-state index in [1.54, 1.807) is 0 Å². The zero-order chi connectivity index (χ0) is 57.5. The number of unbranched alkanes of at least 4 members (excludes halogenated alkanes) is 22. The molecule has 0 saturated carbocycles. The number of ether oxygens (including phenoxy) is 5. The Morgan fingerprint density at radius 3 is 1.24 bits per heavy atom. The number of carboxylic acid groups (broad SMARTS) is 1. The molecule has 1 aliphatic heterocycles. The van der Waals surface area contributed by atoms with E-state index in [1.807, 2.05) is 0 Å². The number of aliphatic hydroxyl groups excluding tert-OH is 2. The number of carbonyl (C=O) groups excluding carboxylic acids is 3. The minimum Gasteiger partial charge on any atom is -0.479 e. The molecule has 0 aromatic rings. The molecule has 0 aliphatic carbocycles. The van der Waals surface area contributed by atoms with E-state index >= 15 is 0 Å². The maximum Gasteiger partial charge on any atom is 0.335 e. The molecule has 0 spiro atoms. The molecule has 0 radical (unpaired) electrons. The van der Waals surface area contributed by atoms with Crippen LogP contribution in [-0.2, 0) is 42.9 Å². The van der Waals surface area contributed by atoms with Crippen molar-refractivity contribution in [1.82, 2.24) is 0 Å². The molecule has 3 N–H and O–H groups in total. The van der Waals surface area contributed by atoms with Crippen LogP contribution in [0.3, 0.4) is 0 Å². The van der Waals surface area contributed by atoms with Crippen LogP contribution in [-0.4, -0.2) is 89.2 Å². The average molecular weight is 1110 g/mol. The maximum absolute atomic E-state index is 13.2. The standard InChI is InChI=1S/C67H110O12/c1-4-7-10-13-16-19-22-25-27-29-30-32-33-36-38-41-44-47-50-53-59(68)75-56-58(77-60(69)54-51-48-45-42-40-37-34-31-28-26-23-20-17-14-11-8-5-2)57-76-67-65(63(72)62(71)64(79-67)66(73)74)78-61(70)55-52-49-46-43-39-35-24-21-18-15-12-9-6-3/h8-9,11-12,17-18,20-21,25-28,34-35,37,39,58,62-65,67,71-72H,4-7,10,13-16,19,22-24,29-33,36,38,40-57H2,1-3H3,(H,73,74)/b11-8-,12-9-,20-17-,21-18-,27-25-,28-26-,37-34-,39-35-. The quantitative estimate of drug-likeness (QED) is 0.0228. The molecule has 1 fully saturated rings. The minimum atomic E-state index is -1.92.